The highest BCUT2D eigenvalue weighted by Gasteiger charge is 2.42. The minimum atomic E-state index is -1.23. The molecule has 1 N–H and O–H groups in total. The summed E-state index contributed by atoms with van der Waals surface area (Å²) in [6.07, 6.45) is 4.28. The van der Waals surface area contributed by atoms with Crippen molar-refractivity contribution in [3.05, 3.63) is 29.3 Å². The Morgan fingerprint density at radius 1 is 1.19 bits per heavy atom. The van der Waals surface area contributed by atoms with Crippen molar-refractivity contribution < 1.29 is 18.7 Å². The lowest BCUT2D eigenvalue weighted by Gasteiger charge is -2.52. The van der Waals surface area contributed by atoms with E-state index in [1.54, 1.807) is 0 Å². The molecule has 21 heavy (non-hydrogen) atoms. The molecule has 0 atom stereocenters. The molecule has 1 fully saturated rings. The molecule has 1 aliphatic rings. The quantitative estimate of drug-likeness (QED) is 0.860. The van der Waals surface area contributed by atoms with Crippen LogP contribution in [0.2, 0.25) is 0 Å². The molecule has 3 nitrogen and oxygen atoms in total. The molecule has 0 aliphatic carbocycles. The Morgan fingerprint density at radius 2 is 1.71 bits per heavy atom. The fraction of sp³-hybridized carbons (Fsp3) is 0.562. The van der Waals surface area contributed by atoms with Gasteiger partial charge in [-0.3, -0.25) is 0 Å². The normalized spacial score (nSPS) is 16.7. The zero-order valence-corrected chi connectivity index (χ0v) is 12.5. The predicted molar refractivity (Wildman–Crippen MR) is 77.8 cm³/mol. The van der Waals surface area contributed by atoms with Gasteiger partial charge in [0, 0.05) is 24.6 Å². The smallest absolute Gasteiger partial charge is 0.337 e. The second kappa shape index (κ2) is 6.00. The Kier molecular flexibility index (Phi) is 4.49. The highest BCUT2D eigenvalue weighted by atomic mass is 19.2. The van der Waals surface area contributed by atoms with Crippen LogP contribution in [0.25, 0.3) is 0 Å². The number of hydrogen-bond acceptors (Lipinski definition) is 2. The summed E-state index contributed by atoms with van der Waals surface area (Å²) < 4.78 is 26.7. The minimum Gasteiger partial charge on any atom is -0.478 e. The summed E-state index contributed by atoms with van der Waals surface area (Å²) in [7, 11) is 0. The molecular formula is C16H21F2NO2. The van der Waals surface area contributed by atoms with Gasteiger partial charge < -0.3 is 10.0 Å². The molecule has 1 aromatic carbocycles. The van der Waals surface area contributed by atoms with E-state index in [0.717, 1.165) is 37.8 Å². The van der Waals surface area contributed by atoms with Gasteiger partial charge in [-0.1, -0.05) is 26.7 Å². The van der Waals surface area contributed by atoms with Crippen LogP contribution < -0.4 is 4.90 Å². The minimum absolute atomic E-state index is 0.171. The van der Waals surface area contributed by atoms with Crippen LogP contribution in [0.5, 0.6) is 0 Å². The standard InChI is InChI=1S/C16H21F2NO2/c1-3-5-16(6-4-2)9-19(10-16)14-8-13(18)12(17)7-11(14)15(20)21/h7-8H,3-6,9-10H2,1-2H3,(H,20,21). The van der Waals surface area contributed by atoms with Gasteiger partial charge in [-0.15, -0.1) is 0 Å². The van der Waals surface area contributed by atoms with Gasteiger partial charge in [0.1, 0.15) is 0 Å². The van der Waals surface area contributed by atoms with E-state index in [1.165, 1.54) is 0 Å². The summed E-state index contributed by atoms with van der Waals surface area (Å²) in [5.74, 6) is -3.35. The van der Waals surface area contributed by atoms with Crippen LogP contribution in [0.4, 0.5) is 14.5 Å². The summed E-state index contributed by atoms with van der Waals surface area (Å²) in [4.78, 5) is 13.1. The number of halogens is 2. The van der Waals surface area contributed by atoms with Crippen molar-refractivity contribution in [1.29, 1.82) is 0 Å². The van der Waals surface area contributed by atoms with Crippen LogP contribution in [-0.2, 0) is 0 Å². The van der Waals surface area contributed by atoms with E-state index in [-0.39, 0.29) is 16.7 Å². The first-order valence-corrected chi connectivity index (χ1v) is 7.39. The Hall–Kier alpha value is -1.65. The maximum Gasteiger partial charge on any atom is 0.337 e. The van der Waals surface area contributed by atoms with Gasteiger partial charge in [0.05, 0.1) is 11.3 Å². The maximum absolute atomic E-state index is 13.4. The third-order valence-electron chi connectivity index (χ3n) is 4.22. The summed E-state index contributed by atoms with van der Waals surface area (Å²) in [6, 6.07) is 1.77. The summed E-state index contributed by atoms with van der Waals surface area (Å²) in [5.41, 5.74) is 0.296. The van der Waals surface area contributed by atoms with Gasteiger partial charge in [-0.2, -0.15) is 0 Å². The topological polar surface area (TPSA) is 40.5 Å². The van der Waals surface area contributed by atoms with E-state index in [1.807, 2.05) is 4.90 Å². The molecule has 116 valence electrons. The molecule has 1 saturated heterocycles. The number of rotatable bonds is 6. The highest BCUT2D eigenvalue weighted by Crippen LogP contribution is 2.43. The fourth-order valence-electron chi connectivity index (χ4n) is 3.40. The molecule has 0 radical (unpaired) electrons. The molecule has 1 aliphatic heterocycles. The first-order valence-electron chi connectivity index (χ1n) is 7.39. The molecule has 0 spiro atoms. The van der Waals surface area contributed by atoms with Crippen molar-refractivity contribution in [2.24, 2.45) is 5.41 Å². The number of carbonyl (C=O) groups is 1. The second-order valence-electron chi connectivity index (χ2n) is 5.94. The lowest BCUT2D eigenvalue weighted by molar-refractivity contribution is 0.0695. The molecule has 0 saturated carbocycles. The van der Waals surface area contributed by atoms with Crippen LogP contribution >= 0.6 is 0 Å². The van der Waals surface area contributed by atoms with Gasteiger partial charge in [-0.05, 0) is 18.9 Å². The molecule has 2 rings (SSSR count). The van der Waals surface area contributed by atoms with Crippen LogP contribution in [0, 0.1) is 17.0 Å². The number of carboxylic acid groups (broad SMARTS) is 1. The molecule has 0 aromatic heterocycles. The van der Waals surface area contributed by atoms with E-state index < -0.39 is 17.6 Å². The number of aromatic carboxylic acids is 1. The lowest BCUT2D eigenvalue weighted by atomic mass is 9.72. The van der Waals surface area contributed by atoms with Crippen molar-refractivity contribution in [2.45, 2.75) is 39.5 Å². The van der Waals surface area contributed by atoms with Gasteiger partial charge in [0.2, 0.25) is 0 Å². The molecule has 0 unspecified atom stereocenters. The average Bonchev–Trinajstić information content (AvgIpc) is 2.38. The first kappa shape index (κ1) is 15.7. The third kappa shape index (κ3) is 3.01. The summed E-state index contributed by atoms with van der Waals surface area (Å²) in [6.45, 7) is 5.67. The van der Waals surface area contributed by atoms with Gasteiger partial charge in [0.15, 0.2) is 11.6 Å². The van der Waals surface area contributed by atoms with E-state index >= 15 is 0 Å². The SMILES string of the molecule is CCCC1(CCC)CN(c2cc(F)c(F)cc2C(=O)O)C1. The fourth-order valence-corrected chi connectivity index (χ4v) is 3.40. The third-order valence-corrected chi connectivity index (χ3v) is 4.22. The molecule has 0 bridgehead atoms. The van der Waals surface area contributed by atoms with E-state index in [9.17, 15) is 18.7 Å². The molecule has 5 heteroatoms. The first-order chi connectivity index (χ1) is 9.92. The maximum atomic E-state index is 13.4. The Balaban J connectivity index is 2.25. The van der Waals surface area contributed by atoms with Crippen molar-refractivity contribution in [2.75, 3.05) is 18.0 Å². The summed E-state index contributed by atoms with van der Waals surface area (Å²) in [5, 5.41) is 9.17. The van der Waals surface area contributed by atoms with E-state index in [4.69, 9.17) is 0 Å². The highest BCUT2D eigenvalue weighted by molar-refractivity contribution is 5.94. The van der Waals surface area contributed by atoms with Crippen LogP contribution in [-0.4, -0.2) is 24.2 Å². The summed E-state index contributed by atoms with van der Waals surface area (Å²) >= 11 is 0. The van der Waals surface area contributed by atoms with Crippen LogP contribution in [0.1, 0.15) is 49.9 Å². The molecule has 0 amide bonds. The van der Waals surface area contributed by atoms with Crippen molar-refractivity contribution in [3.8, 4) is 0 Å². The lowest BCUT2D eigenvalue weighted by Crippen LogP contribution is -2.56. The van der Waals surface area contributed by atoms with Gasteiger partial charge in [-0.25, -0.2) is 13.6 Å². The monoisotopic (exact) mass is 297 g/mol. The number of nitrogens with zero attached hydrogens (tertiary/aromatic N) is 1. The van der Waals surface area contributed by atoms with Gasteiger partial charge in [0.25, 0.3) is 0 Å². The van der Waals surface area contributed by atoms with Crippen molar-refractivity contribution >= 4 is 11.7 Å². The number of hydrogen-bond donors (Lipinski definition) is 1. The van der Waals surface area contributed by atoms with Gasteiger partial charge >= 0.3 is 5.97 Å². The molecule has 1 aromatic rings. The second-order valence-corrected chi connectivity index (χ2v) is 5.94. The van der Waals surface area contributed by atoms with E-state index in [2.05, 4.69) is 13.8 Å². The van der Waals surface area contributed by atoms with E-state index in [0.29, 0.717) is 13.1 Å². The zero-order valence-electron chi connectivity index (χ0n) is 12.5. The largest absolute Gasteiger partial charge is 0.478 e. The average molecular weight is 297 g/mol. The predicted octanol–water partition coefficient (Wildman–Crippen LogP) is 4.07. The van der Waals surface area contributed by atoms with Crippen LogP contribution in [0.3, 0.4) is 0 Å². The molecular weight excluding hydrogens is 276 g/mol. The number of anilines is 1. The number of carboxylic acids is 1. The van der Waals surface area contributed by atoms with Crippen LogP contribution in [0.15, 0.2) is 12.1 Å². The van der Waals surface area contributed by atoms with Crippen molar-refractivity contribution in [3.63, 3.8) is 0 Å². The Labute approximate surface area is 123 Å². The Bertz CT molecular complexity index is 531. The zero-order chi connectivity index (χ0) is 15.6. The van der Waals surface area contributed by atoms with Crippen molar-refractivity contribution in [1.82, 2.24) is 0 Å². The number of benzene rings is 1. The molecule has 1 heterocycles. The Morgan fingerprint density at radius 3 is 2.19 bits per heavy atom.